The number of rotatable bonds is 0. The van der Waals surface area contributed by atoms with E-state index in [9.17, 15) is 4.79 Å². The van der Waals surface area contributed by atoms with Gasteiger partial charge in [-0.05, 0) is 30.7 Å². The normalized spacial score (nSPS) is 25.8. The van der Waals surface area contributed by atoms with Crippen LogP contribution in [0.5, 0.6) is 0 Å². The first-order valence-electron chi connectivity index (χ1n) is 5.60. The van der Waals surface area contributed by atoms with Crippen molar-refractivity contribution in [3.05, 3.63) is 24.3 Å². The molecular formula is C12H11ClN4O. The van der Waals surface area contributed by atoms with Crippen molar-refractivity contribution in [1.29, 1.82) is 0 Å². The standard InChI is InChI=1S/C12H11ClN4O/c1-6-9-10(17-12(13)14-6)15-7-4-2-3-5-8(7)16-11(9)18/h2-5,9-10,15H,1H3,(H,16,18). The van der Waals surface area contributed by atoms with Crippen LogP contribution in [0.2, 0.25) is 0 Å². The van der Waals surface area contributed by atoms with Crippen LogP contribution in [0, 0.1) is 5.92 Å². The van der Waals surface area contributed by atoms with Crippen LogP contribution in [0.1, 0.15) is 6.92 Å². The second-order valence-corrected chi connectivity index (χ2v) is 4.59. The molecule has 6 heteroatoms. The Labute approximate surface area is 109 Å². The maximum atomic E-state index is 12.2. The highest BCUT2D eigenvalue weighted by Crippen LogP contribution is 2.30. The highest BCUT2D eigenvalue weighted by molar-refractivity contribution is 6.66. The van der Waals surface area contributed by atoms with Crippen LogP contribution in [0.3, 0.4) is 0 Å². The number of hydrogen-bond donors (Lipinski definition) is 2. The number of carbonyl (C=O) groups is 1. The third kappa shape index (κ3) is 1.76. The average Bonchev–Trinajstić information content (AvgIpc) is 2.43. The molecule has 0 aliphatic carbocycles. The van der Waals surface area contributed by atoms with Crippen molar-refractivity contribution in [2.24, 2.45) is 15.9 Å². The maximum Gasteiger partial charge on any atom is 0.237 e. The molecule has 2 N–H and O–H groups in total. The fourth-order valence-corrected chi connectivity index (χ4v) is 2.44. The fraction of sp³-hybridized carbons (Fsp3) is 0.250. The summed E-state index contributed by atoms with van der Waals surface area (Å²) in [6.07, 6.45) is -0.404. The van der Waals surface area contributed by atoms with Gasteiger partial charge >= 0.3 is 0 Å². The number of halogens is 1. The van der Waals surface area contributed by atoms with Crippen molar-refractivity contribution < 1.29 is 4.79 Å². The Kier molecular flexibility index (Phi) is 2.56. The SMILES string of the molecule is CC1=NC(Cl)=NC2Nc3ccccc3NC(=O)C12. The average molecular weight is 263 g/mol. The van der Waals surface area contributed by atoms with Crippen LogP contribution >= 0.6 is 11.6 Å². The number of hydrogen-bond acceptors (Lipinski definition) is 4. The molecule has 0 aromatic heterocycles. The lowest BCUT2D eigenvalue weighted by molar-refractivity contribution is -0.118. The zero-order chi connectivity index (χ0) is 12.7. The summed E-state index contributed by atoms with van der Waals surface area (Å²) in [6, 6.07) is 7.50. The summed E-state index contributed by atoms with van der Waals surface area (Å²) in [6.45, 7) is 1.78. The third-order valence-electron chi connectivity index (χ3n) is 3.05. The van der Waals surface area contributed by atoms with Crippen molar-refractivity contribution in [1.82, 2.24) is 0 Å². The smallest absolute Gasteiger partial charge is 0.237 e. The number of benzene rings is 1. The highest BCUT2D eigenvalue weighted by atomic mass is 35.5. The molecule has 0 radical (unpaired) electrons. The van der Waals surface area contributed by atoms with Crippen LogP contribution < -0.4 is 10.6 Å². The molecule has 2 atom stereocenters. The first kappa shape index (κ1) is 11.2. The summed E-state index contributed by atoms with van der Waals surface area (Å²) in [7, 11) is 0. The Morgan fingerprint density at radius 1 is 1.28 bits per heavy atom. The summed E-state index contributed by atoms with van der Waals surface area (Å²) in [5.74, 6) is -0.550. The van der Waals surface area contributed by atoms with Crippen molar-refractivity contribution in [2.75, 3.05) is 10.6 Å². The Morgan fingerprint density at radius 2 is 2.00 bits per heavy atom. The van der Waals surface area contributed by atoms with Gasteiger partial charge < -0.3 is 10.6 Å². The molecule has 0 bridgehead atoms. The summed E-state index contributed by atoms with van der Waals surface area (Å²) in [5, 5.41) is 6.26. The molecule has 3 rings (SSSR count). The molecule has 2 unspecified atom stereocenters. The van der Waals surface area contributed by atoms with E-state index in [0.717, 1.165) is 11.4 Å². The molecule has 5 nitrogen and oxygen atoms in total. The van der Waals surface area contributed by atoms with E-state index in [0.29, 0.717) is 5.71 Å². The lowest BCUT2D eigenvalue weighted by atomic mass is 9.99. The van der Waals surface area contributed by atoms with Crippen LogP contribution in [0.25, 0.3) is 0 Å². The van der Waals surface area contributed by atoms with Gasteiger partial charge in [-0.15, -0.1) is 0 Å². The molecule has 92 valence electrons. The molecular weight excluding hydrogens is 252 g/mol. The Bertz CT molecular complexity index is 581. The van der Waals surface area contributed by atoms with Gasteiger partial charge in [0.25, 0.3) is 0 Å². The number of amides is 1. The molecule has 1 aromatic carbocycles. The number of nitrogens with one attached hydrogen (secondary N) is 2. The minimum absolute atomic E-state index is 0.119. The molecule has 0 saturated carbocycles. The summed E-state index contributed by atoms with van der Waals surface area (Å²) >= 11 is 5.85. The zero-order valence-corrected chi connectivity index (χ0v) is 10.4. The minimum atomic E-state index is -0.431. The first-order valence-corrected chi connectivity index (χ1v) is 5.98. The first-order chi connectivity index (χ1) is 8.65. The predicted molar refractivity (Wildman–Crippen MR) is 72.4 cm³/mol. The molecule has 1 aromatic rings. The van der Waals surface area contributed by atoms with Gasteiger partial charge in [0.15, 0.2) is 0 Å². The van der Waals surface area contributed by atoms with E-state index in [2.05, 4.69) is 20.6 Å². The topological polar surface area (TPSA) is 65.8 Å². The molecule has 0 fully saturated rings. The molecule has 0 spiro atoms. The number of amidine groups is 1. The number of carbonyl (C=O) groups excluding carboxylic acids is 1. The van der Waals surface area contributed by atoms with Crippen molar-refractivity contribution in [3.63, 3.8) is 0 Å². The van der Waals surface area contributed by atoms with Crippen LogP contribution in [0.15, 0.2) is 34.3 Å². The fourth-order valence-electron chi connectivity index (χ4n) is 2.20. The lowest BCUT2D eigenvalue weighted by Crippen LogP contribution is -2.41. The van der Waals surface area contributed by atoms with E-state index in [-0.39, 0.29) is 11.2 Å². The highest BCUT2D eigenvalue weighted by Gasteiger charge is 2.36. The van der Waals surface area contributed by atoms with Crippen LogP contribution in [-0.2, 0) is 4.79 Å². The summed E-state index contributed by atoms with van der Waals surface area (Å²) in [4.78, 5) is 20.4. The van der Waals surface area contributed by atoms with Gasteiger partial charge in [0, 0.05) is 5.71 Å². The van der Waals surface area contributed by atoms with E-state index in [1.54, 1.807) is 6.92 Å². The Hall–Kier alpha value is -1.88. The predicted octanol–water partition coefficient (Wildman–Crippen LogP) is 2.06. The van der Waals surface area contributed by atoms with Crippen molar-refractivity contribution in [3.8, 4) is 0 Å². The molecule has 1 amide bonds. The van der Waals surface area contributed by atoms with Crippen molar-refractivity contribution >= 4 is 39.9 Å². The van der Waals surface area contributed by atoms with Gasteiger partial charge in [0.05, 0.1) is 11.4 Å². The van der Waals surface area contributed by atoms with E-state index in [1.165, 1.54) is 0 Å². The largest absolute Gasteiger partial charge is 0.361 e. The maximum absolute atomic E-state index is 12.2. The Morgan fingerprint density at radius 3 is 2.78 bits per heavy atom. The van der Waals surface area contributed by atoms with E-state index >= 15 is 0 Å². The monoisotopic (exact) mass is 262 g/mol. The quantitative estimate of drug-likeness (QED) is 0.703. The second-order valence-electron chi connectivity index (χ2n) is 4.25. The zero-order valence-electron chi connectivity index (χ0n) is 9.64. The number of para-hydroxylation sites is 2. The van der Waals surface area contributed by atoms with Gasteiger partial charge in [0.1, 0.15) is 12.1 Å². The lowest BCUT2D eigenvalue weighted by Gasteiger charge is -2.24. The van der Waals surface area contributed by atoms with Gasteiger partial charge in [-0.25, -0.2) is 9.98 Å². The van der Waals surface area contributed by atoms with Crippen LogP contribution in [0.4, 0.5) is 11.4 Å². The summed E-state index contributed by atoms with van der Waals surface area (Å²) in [5.41, 5.74) is 2.25. The summed E-state index contributed by atoms with van der Waals surface area (Å²) < 4.78 is 0. The van der Waals surface area contributed by atoms with Gasteiger partial charge in [-0.2, -0.15) is 0 Å². The molecule has 2 heterocycles. The van der Waals surface area contributed by atoms with Gasteiger partial charge in [-0.3, -0.25) is 4.79 Å². The van der Waals surface area contributed by atoms with E-state index in [1.807, 2.05) is 24.3 Å². The molecule has 18 heavy (non-hydrogen) atoms. The Balaban J connectivity index is 2.06. The molecule has 2 aliphatic heterocycles. The second kappa shape index (κ2) is 4.10. The third-order valence-corrected chi connectivity index (χ3v) is 3.23. The minimum Gasteiger partial charge on any atom is -0.361 e. The number of nitrogens with zero attached hydrogens (tertiary/aromatic N) is 2. The number of aliphatic imine (C=N–C) groups is 2. The molecule has 2 aliphatic rings. The van der Waals surface area contributed by atoms with Gasteiger partial charge in [-0.1, -0.05) is 12.1 Å². The molecule has 0 saturated heterocycles. The van der Waals surface area contributed by atoms with E-state index in [4.69, 9.17) is 11.6 Å². The van der Waals surface area contributed by atoms with Crippen LogP contribution in [-0.4, -0.2) is 23.1 Å². The number of anilines is 2. The van der Waals surface area contributed by atoms with Gasteiger partial charge in [0.2, 0.25) is 11.2 Å². The van der Waals surface area contributed by atoms with Crippen molar-refractivity contribution in [2.45, 2.75) is 13.1 Å². The number of fused-ring (bicyclic) bond motifs is 2. The van der Waals surface area contributed by atoms with E-state index < -0.39 is 12.1 Å².